The lowest BCUT2D eigenvalue weighted by molar-refractivity contribution is -0.143. The molecule has 4 N–H and O–H groups in total. The number of carbonyl (C=O) groups is 3. The Bertz CT molecular complexity index is 899. The van der Waals surface area contributed by atoms with Gasteiger partial charge in [-0.1, -0.05) is 55.5 Å². The Labute approximate surface area is 173 Å². The third kappa shape index (κ3) is 4.44. The highest BCUT2D eigenvalue weighted by atomic mass is 16.5. The highest BCUT2D eigenvalue weighted by molar-refractivity contribution is 5.89. The largest absolute Gasteiger partial charge is 0.480 e. The van der Waals surface area contributed by atoms with E-state index in [2.05, 4.69) is 10.6 Å². The molecule has 3 rings (SSSR count). The summed E-state index contributed by atoms with van der Waals surface area (Å²) in [5.41, 5.74) is 4.36. The molecule has 0 saturated carbocycles. The summed E-state index contributed by atoms with van der Waals surface area (Å²) in [6.45, 7) is 1.03. The maximum absolute atomic E-state index is 12.3. The van der Waals surface area contributed by atoms with E-state index < -0.39 is 36.7 Å². The molecule has 2 aromatic carbocycles. The van der Waals surface area contributed by atoms with Gasteiger partial charge in [-0.25, -0.2) is 9.59 Å². The van der Waals surface area contributed by atoms with Crippen molar-refractivity contribution in [1.29, 1.82) is 0 Å². The van der Waals surface area contributed by atoms with Crippen molar-refractivity contribution in [2.24, 2.45) is 0 Å². The van der Waals surface area contributed by atoms with E-state index in [0.29, 0.717) is 0 Å². The number of aliphatic hydroxyl groups is 1. The molecule has 158 valence electrons. The lowest BCUT2D eigenvalue weighted by atomic mass is 9.98. The molecule has 0 heterocycles. The van der Waals surface area contributed by atoms with Crippen molar-refractivity contribution in [3.05, 3.63) is 59.7 Å². The molecule has 2 atom stereocenters. The summed E-state index contributed by atoms with van der Waals surface area (Å²) in [5, 5.41) is 22.6. The van der Waals surface area contributed by atoms with Gasteiger partial charge in [-0.15, -0.1) is 0 Å². The van der Waals surface area contributed by atoms with Crippen LogP contribution in [0.4, 0.5) is 4.79 Å². The lowest BCUT2D eigenvalue weighted by Crippen LogP contribution is -2.52. The first-order valence-corrected chi connectivity index (χ1v) is 9.71. The number of carbonyl (C=O) groups excluding carboxylic acids is 2. The first kappa shape index (κ1) is 21.3. The number of aliphatic carboxylic acids is 1. The average molecular weight is 412 g/mol. The van der Waals surface area contributed by atoms with E-state index in [9.17, 15) is 14.4 Å². The van der Waals surface area contributed by atoms with Crippen LogP contribution in [-0.4, -0.2) is 53.5 Å². The van der Waals surface area contributed by atoms with Crippen molar-refractivity contribution in [2.75, 3.05) is 13.2 Å². The van der Waals surface area contributed by atoms with Crippen LogP contribution in [0.3, 0.4) is 0 Å². The number of hydrogen-bond acceptors (Lipinski definition) is 5. The molecule has 1 aliphatic carbocycles. The fourth-order valence-corrected chi connectivity index (χ4v) is 3.59. The maximum Gasteiger partial charge on any atom is 0.407 e. The normalized spacial score (nSPS) is 14.2. The molecule has 0 bridgehead atoms. The van der Waals surface area contributed by atoms with E-state index in [0.717, 1.165) is 22.3 Å². The highest BCUT2D eigenvalue weighted by Crippen LogP contribution is 2.44. The van der Waals surface area contributed by atoms with Gasteiger partial charge in [0, 0.05) is 5.92 Å². The third-order valence-electron chi connectivity index (χ3n) is 5.16. The predicted octanol–water partition coefficient (Wildman–Crippen LogP) is 1.87. The molecule has 2 aromatic rings. The number of benzene rings is 2. The van der Waals surface area contributed by atoms with Gasteiger partial charge >= 0.3 is 12.1 Å². The standard InChI is InChI=1S/C22H24N2O6/c1-2-18(20(26)23-19(11-25)21(27)28)24-22(29)30-12-17-15-9-5-3-7-13(15)14-8-4-6-10-16(14)17/h3-10,17-19,25H,2,11-12H2,1H3,(H,23,26)(H,24,29)(H,27,28)/t18?,19-/m1/s1. The number of fused-ring (bicyclic) bond motifs is 3. The molecule has 8 nitrogen and oxygen atoms in total. The summed E-state index contributed by atoms with van der Waals surface area (Å²) < 4.78 is 5.41. The number of rotatable bonds is 8. The van der Waals surface area contributed by atoms with Crippen LogP contribution in [0.25, 0.3) is 11.1 Å². The molecule has 0 aromatic heterocycles. The first-order valence-electron chi connectivity index (χ1n) is 9.71. The summed E-state index contributed by atoms with van der Waals surface area (Å²) in [6, 6.07) is 13.5. The van der Waals surface area contributed by atoms with Crippen molar-refractivity contribution in [1.82, 2.24) is 10.6 Å². The second-order valence-electron chi connectivity index (χ2n) is 7.01. The number of carboxylic acids is 1. The van der Waals surface area contributed by atoms with E-state index in [4.69, 9.17) is 14.9 Å². The zero-order valence-electron chi connectivity index (χ0n) is 16.5. The number of hydrogen-bond donors (Lipinski definition) is 4. The van der Waals surface area contributed by atoms with Crippen LogP contribution in [0, 0.1) is 0 Å². The Morgan fingerprint density at radius 2 is 1.53 bits per heavy atom. The zero-order valence-corrected chi connectivity index (χ0v) is 16.5. The van der Waals surface area contributed by atoms with Gasteiger partial charge in [0.15, 0.2) is 0 Å². The van der Waals surface area contributed by atoms with Crippen LogP contribution in [-0.2, 0) is 14.3 Å². The Morgan fingerprint density at radius 1 is 0.967 bits per heavy atom. The number of carboxylic acid groups (broad SMARTS) is 1. The molecule has 1 unspecified atom stereocenters. The number of aliphatic hydroxyl groups excluding tert-OH is 1. The molecule has 0 aliphatic heterocycles. The summed E-state index contributed by atoms with van der Waals surface area (Å²) in [4.78, 5) is 35.5. The van der Waals surface area contributed by atoms with Crippen molar-refractivity contribution in [2.45, 2.75) is 31.3 Å². The minimum Gasteiger partial charge on any atom is -0.480 e. The minimum atomic E-state index is -1.43. The van der Waals surface area contributed by atoms with Crippen LogP contribution < -0.4 is 10.6 Å². The number of amides is 2. The smallest absolute Gasteiger partial charge is 0.407 e. The van der Waals surface area contributed by atoms with Crippen molar-refractivity contribution >= 4 is 18.0 Å². The average Bonchev–Trinajstić information content (AvgIpc) is 3.07. The summed E-state index contributed by atoms with van der Waals surface area (Å²) >= 11 is 0. The van der Waals surface area contributed by atoms with Gasteiger partial charge < -0.3 is 25.6 Å². The Morgan fingerprint density at radius 3 is 2.03 bits per heavy atom. The number of nitrogens with one attached hydrogen (secondary N) is 2. The van der Waals surface area contributed by atoms with Gasteiger partial charge in [-0.05, 0) is 28.7 Å². The van der Waals surface area contributed by atoms with Gasteiger partial charge in [0.2, 0.25) is 5.91 Å². The van der Waals surface area contributed by atoms with Crippen LogP contribution in [0.15, 0.2) is 48.5 Å². The quantitative estimate of drug-likeness (QED) is 0.525. The van der Waals surface area contributed by atoms with Gasteiger partial charge in [0.05, 0.1) is 6.61 Å². The van der Waals surface area contributed by atoms with Crippen LogP contribution in [0.1, 0.15) is 30.4 Å². The monoisotopic (exact) mass is 412 g/mol. The molecule has 0 spiro atoms. The van der Waals surface area contributed by atoms with E-state index >= 15 is 0 Å². The van der Waals surface area contributed by atoms with Gasteiger partial charge in [-0.2, -0.15) is 0 Å². The molecule has 2 amide bonds. The minimum absolute atomic E-state index is 0.103. The molecule has 0 fully saturated rings. The molecule has 0 saturated heterocycles. The van der Waals surface area contributed by atoms with Gasteiger partial charge in [0.1, 0.15) is 18.7 Å². The van der Waals surface area contributed by atoms with Crippen LogP contribution in [0.5, 0.6) is 0 Å². The second kappa shape index (κ2) is 9.41. The zero-order chi connectivity index (χ0) is 21.7. The topological polar surface area (TPSA) is 125 Å². The SMILES string of the molecule is CCC(NC(=O)OCC1c2ccccc2-c2ccccc21)C(=O)N[C@H](CO)C(=O)O. The fraction of sp³-hybridized carbons (Fsp3) is 0.318. The molecule has 8 heteroatoms. The Kier molecular flexibility index (Phi) is 6.68. The molecule has 30 heavy (non-hydrogen) atoms. The van der Waals surface area contributed by atoms with Crippen molar-refractivity contribution < 1.29 is 29.3 Å². The summed E-state index contributed by atoms with van der Waals surface area (Å²) in [5.74, 6) is -2.17. The first-order chi connectivity index (χ1) is 14.5. The van der Waals surface area contributed by atoms with Crippen molar-refractivity contribution in [3.63, 3.8) is 0 Å². The maximum atomic E-state index is 12.3. The van der Waals surface area contributed by atoms with Crippen molar-refractivity contribution in [3.8, 4) is 11.1 Å². The predicted molar refractivity (Wildman–Crippen MR) is 109 cm³/mol. The van der Waals surface area contributed by atoms with Crippen LogP contribution >= 0.6 is 0 Å². The third-order valence-corrected chi connectivity index (χ3v) is 5.16. The van der Waals surface area contributed by atoms with E-state index in [1.807, 2.05) is 48.5 Å². The highest BCUT2D eigenvalue weighted by Gasteiger charge is 2.30. The van der Waals surface area contributed by atoms with E-state index in [1.54, 1.807) is 6.92 Å². The Hall–Kier alpha value is -3.39. The van der Waals surface area contributed by atoms with Gasteiger partial charge in [-0.3, -0.25) is 4.79 Å². The van der Waals surface area contributed by atoms with E-state index in [-0.39, 0.29) is 18.9 Å². The lowest BCUT2D eigenvalue weighted by Gasteiger charge is -2.20. The van der Waals surface area contributed by atoms with E-state index in [1.165, 1.54) is 0 Å². The summed E-state index contributed by atoms with van der Waals surface area (Å²) in [7, 11) is 0. The molecule has 1 aliphatic rings. The second-order valence-corrected chi connectivity index (χ2v) is 7.01. The fourth-order valence-electron chi connectivity index (χ4n) is 3.59. The number of alkyl carbamates (subject to hydrolysis) is 1. The molecular formula is C22H24N2O6. The Balaban J connectivity index is 1.63. The number of ether oxygens (including phenoxy) is 1. The molecular weight excluding hydrogens is 388 g/mol. The van der Waals surface area contributed by atoms with Crippen LogP contribution in [0.2, 0.25) is 0 Å². The van der Waals surface area contributed by atoms with Gasteiger partial charge in [0.25, 0.3) is 0 Å². The summed E-state index contributed by atoms with van der Waals surface area (Å²) in [6.07, 6.45) is -0.539. The molecule has 0 radical (unpaired) electrons.